The van der Waals surface area contributed by atoms with E-state index in [4.69, 9.17) is 23.4 Å². The second-order valence-corrected chi connectivity index (χ2v) is 8.09. The second-order valence-electron chi connectivity index (χ2n) is 8.09. The molecule has 2 fully saturated rings. The van der Waals surface area contributed by atoms with E-state index in [2.05, 4.69) is 5.32 Å². The SMILES string of the molecule is COC1OC2COC(c3ccccc3)OC2C(O)C1Nc1ccc2cc(C)c(=O)oc2c1. The van der Waals surface area contributed by atoms with Gasteiger partial charge in [-0.1, -0.05) is 30.3 Å². The van der Waals surface area contributed by atoms with E-state index in [1.54, 1.807) is 19.1 Å². The van der Waals surface area contributed by atoms with E-state index < -0.39 is 36.9 Å². The number of rotatable bonds is 4. The first-order valence-electron chi connectivity index (χ1n) is 10.5. The molecule has 2 aromatic carbocycles. The smallest absolute Gasteiger partial charge is 0.339 e. The zero-order chi connectivity index (χ0) is 22.2. The molecular weight excluding hydrogens is 414 g/mol. The van der Waals surface area contributed by atoms with Crippen LogP contribution in [-0.2, 0) is 18.9 Å². The van der Waals surface area contributed by atoms with Crippen LogP contribution in [0.15, 0.2) is 63.8 Å². The maximum absolute atomic E-state index is 11.9. The first-order chi connectivity index (χ1) is 15.5. The van der Waals surface area contributed by atoms with Gasteiger partial charge in [0.25, 0.3) is 0 Å². The highest BCUT2D eigenvalue weighted by Crippen LogP contribution is 2.35. The highest BCUT2D eigenvalue weighted by Gasteiger charge is 2.49. The van der Waals surface area contributed by atoms with Crippen LogP contribution in [0.4, 0.5) is 5.69 Å². The molecule has 2 N–H and O–H groups in total. The summed E-state index contributed by atoms with van der Waals surface area (Å²) in [5.41, 5.74) is 2.15. The minimum absolute atomic E-state index is 0.272. The molecule has 3 aromatic rings. The van der Waals surface area contributed by atoms with E-state index in [0.29, 0.717) is 16.8 Å². The number of aryl methyl sites for hydroxylation is 1. The van der Waals surface area contributed by atoms with Crippen LogP contribution in [0.1, 0.15) is 17.4 Å². The third kappa shape index (κ3) is 3.92. The highest BCUT2D eigenvalue weighted by molar-refractivity contribution is 5.80. The van der Waals surface area contributed by atoms with Crippen LogP contribution in [0.25, 0.3) is 11.0 Å². The lowest BCUT2D eigenvalue weighted by Gasteiger charge is -2.47. The van der Waals surface area contributed by atoms with Crippen LogP contribution < -0.4 is 10.9 Å². The van der Waals surface area contributed by atoms with Crippen LogP contribution in [-0.4, -0.2) is 49.5 Å². The lowest BCUT2D eigenvalue weighted by molar-refractivity contribution is -0.337. The van der Waals surface area contributed by atoms with E-state index in [9.17, 15) is 9.90 Å². The van der Waals surface area contributed by atoms with Crippen LogP contribution >= 0.6 is 0 Å². The van der Waals surface area contributed by atoms with Gasteiger partial charge in [-0.15, -0.1) is 0 Å². The van der Waals surface area contributed by atoms with Gasteiger partial charge in [-0.05, 0) is 25.1 Å². The Morgan fingerprint density at radius 1 is 1.09 bits per heavy atom. The summed E-state index contributed by atoms with van der Waals surface area (Å²) in [5.74, 6) is 0. The molecule has 8 heteroatoms. The number of methoxy groups -OCH3 is 1. The van der Waals surface area contributed by atoms with Crippen molar-refractivity contribution in [3.05, 3.63) is 76.1 Å². The molecule has 0 aliphatic carbocycles. The molecule has 2 saturated heterocycles. The second kappa shape index (κ2) is 8.65. The summed E-state index contributed by atoms with van der Waals surface area (Å²) in [5, 5.41) is 15.3. The van der Waals surface area contributed by atoms with Gasteiger partial charge >= 0.3 is 5.63 Å². The predicted molar refractivity (Wildman–Crippen MR) is 116 cm³/mol. The minimum atomic E-state index is -0.936. The Bertz CT molecular complexity index is 1150. The number of nitrogens with one attached hydrogen (secondary N) is 1. The minimum Gasteiger partial charge on any atom is -0.422 e. The Labute approximate surface area is 184 Å². The molecule has 168 valence electrons. The van der Waals surface area contributed by atoms with E-state index >= 15 is 0 Å². The molecular formula is C24H25NO7. The maximum atomic E-state index is 11.9. The average molecular weight is 439 g/mol. The topological polar surface area (TPSA) is 99.4 Å². The van der Waals surface area contributed by atoms with Crippen molar-refractivity contribution in [1.82, 2.24) is 0 Å². The van der Waals surface area contributed by atoms with Gasteiger partial charge in [0.05, 0.1) is 6.61 Å². The van der Waals surface area contributed by atoms with Crippen molar-refractivity contribution in [2.75, 3.05) is 19.0 Å². The van der Waals surface area contributed by atoms with E-state index in [0.717, 1.165) is 10.9 Å². The van der Waals surface area contributed by atoms with Crippen molar-refractivity contribution in [3.63, 3.8) is 0 Å². The fourth-order valence-electron chi connectivity index (χ4n) is 4.22. The molecule has 0 bridgehead atoms. The standard InChI is InChI=1S/C24H25NO7/c1-13-10-15-8-9-16(11-17(15)30-22(13)27)25-19-20(26)21-18(31-24(19)28-2)12-29-23(32-21)14-6-4-3-5-7-14/h3-11,18-21,23-26H,12H2,1-2H3. The summed E-state index contributed by atoms with van der Waals surface area (Å²) in [6.07, 6.45) is -3.33. The molecule has 0 saturated carbocycles. The summed E-state index contributed by atoms with van der Waals surface area (Å²) >= 11 is 0. The Hall–Kier alpha value is -2.75. The van der Waals surface area contributed by atoms with E-state index in [1.807, 2.05) is 42.5 Å². The first-order valence-corrected chi connectivity index (χ1v) is 10.5. The first kappa shape index (κ1) is 21.1. The highest BCUT2D eigenvalue weighted by atomic mass is 16.7. The number of aliphatic hydroxyl groups excluding tert-OH is 1. The van der Waals surface area contributed by atoms with Crippen LogP contribution in [0.2, 0.25) is 0 Å². The summed E-state index contributed by atoms with van der Waals surface area (Å²) < 4.78 is 28.8. The Morgan fingerprint density at radius 2 is 1.91 bits per heavy atom. The Kier molecular flexibility index (Phi) is 5.71. The number of fused-ring (bicyclic) bond motifs is 2. The third-order valence-corrected chi connectivity index (χ3v) is 5.91. The van der Waals surface area contributed by atoms with Gasteiger partial charge < -0.3 is 33.8 Å². The molecule has 0 amide bonds. The van der Waals surface area contributed by atoms with Gasteiger partial charge in [-0.3, -0.25) is 0 Å². The van der Waals surface area contributed by atoms with Crippen molar-refractivity contribution >= 4 is 16.7 Å². The lowest BCUT2D eigenvalue weighted by atomic mass is 9.95. The Balaban J connectivity index is 1.39. The largest absolute Gasteiger partial charge is 0.422 e. The lowest BCUT2D eigenvalue weighted by Crippen LogP contribution is -2.64. The van der Waals surface area contributed by atoms with Gasteiger partial charge in [0, 0.05) is 35.4 Å². The van der Waals surface area contributed by atoms with E-state index in [1.165, 1.54) is 7.11 Å². The molecule has 32 heavy (non-hydrogen) atoms. The third-order valence-electron chi connectivity index (χ3n) is 5.91. The molecule has 1 aromatic heterocycles. The van der Waals surface area contributed by atoms with Crippen molar-refractivity contribution in [1.29, 1.82) is 0 Å². The molecule has 0 spiro atoms. The fourth-order valence-corrected chi connectivity index (χ4v) is 4.22. The Morgan fingerprint density at radius 3 is 2.69 bits per heavy atom. The zero-order valence-electron chi connectivity index (χ0n) is 17.8. The quantitative estimate of drug-likeness (QED) is 0.599. The monoisotopic (exact) mass is 439 g/mol. The number of benzene rings is 2. The molecule has 5 rings (SSSR count). The number of hydrogen-bond donors (Lipinski definition) is 2. The maximum Gasteiger partial charge on any atom is 0.339 e. The number of hydrogen-bond acceptors (Lipinski definition) is 8. The average Bonchev–Trinajstić information content (AvgIpc) is 2.82. The van der Waals surface area contributed by atoms with Gasteiger partial charge in [0.1, 0.15) is 29.9 Å². The van der Waals surface area contributed by atoms with Crippen LogP contribution in [0.3, 0.4) is 0 Å². The summed E-state index contributed by atoms with van der Waals surface area (Å²) in [7, 11) is 1.52. The van der Waals surface area contributed by atoms with Gasteiger partial charge in [0.15, 0.2) is 12.6 Å². The van der Waals surface area contributed by atoms with Crippen LogP contribution in [0.5, 0.6) is 0 Å². The zero-order valence-corrected chi connectivity index (χ0v) is 17.8. The van der Waals surface area contributed by atoms with Crippen molar-refractivity contribution < 1.29 is 28.5 Å². The van der Waals surface area contributed by atoms with Crippen molar-refractivity contribution in [2.45, 2.75) is 43.9 Å². The van der Waals surface area contributed by atoms with Crippen LogP contribution in [0, 0.1) is 6.92 Å². The van der Waals surface area contributed by atoms with Gasteiger partial charge in [-0.2, -0.15) is 0 Å². The van der Waals surface area contributed by atoms with E-state index in [-0.39, 0.29) is 12.2 Å². The molecule has 2 aliphatic heterocycles. The predicted octanol–water partition coefficient (Wildman–Crippen LogP) is 2.73. The molecule has 0 radical (unpaired) electrons. The van der Waals surface area contributed by atoms with Gasteiger partial charge in [-0.25, -0.2) is 4.79 Å². The molecule has 2 aliphatic rings. The number of anilines is 1. The van der Waals surface area contributed by atoms with Crippen molar-refractivity contribution in [2.24, 2.45) is 0 Å². The fraction of sp³-hybridized carbons (Fsp3) is 0.375. The molecule has 6 atom stereocenters. The molecule has 8 nitrogen and oxygen atoms in total. The summed E-state index contributed by atoms with van der Waals surface area (Å²) in [6.45, 7) is 1.98. The summed E-state index contributed by atoms with van der Waals surface area (Å²) in [4.78, 5) is 11.9. The van der Waals surface area contributed by atoms with Crippen molar-refractivity contribution in [3.8, 4) is 0 Å². The molecule has 6 unspecified atom stereocenters. The summed E-state index contributed by atoms with van der Waals surface area (Å²) in [6, 6.07) is 16.2. The normalized spacial score (nSPS) is 30.1. The number of aliphatic hydroxyl groups is 1. The van der Waals surface area contributed by atoms with Gasteiger partial charge in [0.2, 0.25) is 0 Å². The molecule has 3 heterocycles. The number of ether oxygens (including phenoxy) is 4.